The van der Waals surface area contributed by atoms with E-state index in [4.69, 9.17) is 0 Å². The Morgan fingerprint density at radius 1 is 0.913 bits per heavy atom. The van der Waals surface area contributed by atoms with Crippen LogP contribution in [0.5, 0.6) is 0 Å². The van der Waals surface area contributed by atoms with Gasteiger partial charge in [-0.2, -0.15) is 8.78 Å². The molecule has 2 amide bonds. The number of hydrazine groups is 1. The molecule has 0 spiro atoms. The Morgan fingerprint density at radius 3 is 2.13 bits per heavy atom. The number of amides is 2. The summed E-state index contributed by atoms with van der Waals surface area (Å²) >= 11 is 0.360. The summed E-state index contributed by atoms with van der Waals surface area (Å²) in [6.07, 6.45) is 0. The highest BCUT2D eigenvalue weighted by atomic mass is 32.2. The molecule has 0 aliphatic rings. The van der Waals surface area contributed by atoms with Gasteiger partial charge >= 0.3 is 0 Å². The number of halogens is 3. The Morgan fingerprint density at radius 2 is 1.52 bits per heavy atom. The molecular weight excluding hydrogens is 329 g/mol. The highest BCUT2D eigenvalue weighted by Crippen LogP contribution is 2.25. The maximum atomic E-state index is 13.4. The number of carbonyl (C=O) groups excluding carboxylic acids is 2. The third-order valence-corrected chi connectivity index (χ3v) is 3.47. The molecule has 0 aliphatic carbocycles. The molecule has 2 aromatic carbocycles. The molecule has 0 unspecified atom stereocenters. The zero-order valence-electron chi connectivity index (χ0n) is 11.6. The maximum absolute atomic E-state index is 13.4. The second kappa shape index (κ2) is 7.68. The van der Waals surface area contributed by atoms with Crippen molar-refractivity contribution in [1.29, 1.82) is 0 Å². The van der Waals surface area contributed by atoms with E-state index in [2.05, 4.69) is 10.9 Å². The van der Waals surface area contributed by atoms with Gasteiger partial charge in [0.2, 0.25) is 0 Å². The van der Waals surface area contributed by atoms with E-state index in [1.165, 1.54) is 42.5 Å². The van der Waals surface area contributed by atoms with Crippen molar-refractivity contribution in [2.75, 3.05) is 0 Å². The summed E-state index contributed by atoms with van der Waals surface area (Å²) in [5, 5.41) is 0. The van der Waals surface area contributed by atoms with E-state index in [1.54, 1.807) is 0 Å². The van der Waals surface area contributed by atoms with Crippen LogP contribution < -0.4 is 10.9 Å². The minimum atomic E-state index is -2.55. The third-order valence-electron chi connectivity index (χ3n) is 2.75. The lowest BCUT2D eigenvalue weighted by molar-refractivity contribution is 0.0844. The molecule has 23 heavy (non-hydrogen) atoms. The van der Waals surface area contributed by atoms with Gasteiger partial charge in [-0.25, -0.2) is 4.39 Å². The first-order chi connectivity index (χ1) is 11.0. The summed E-state index contributed by atoms with van der Waals surface area (Å²) in [5.41, 5.74) is 4.16. The van der Waals surface area contributed by atoms with Gasteiger partial charge in [0.25, 0.3) is 17.6 Å². The van der Waals surface area contributed by atoms with Crippen LogP contribution in [0, 0.1) is 5.82 Å². The Kier molecular flexibility index (Phi) is 5.64. The number of alkyl halides is 2. The number of benzene rings is 2. The number of hydrogen-bond donors (Lipinski definition) is 2. The first kappa shape index (κ1) is 16.9. The molecule has 0 aromatic heterocycles. The van der Waals surface area contributed by atoms with Crippen molar-refractivity contribution < 1.29 is 22.8 Å². The van der Waals surface area contributed by atoms with Crippen LogP contribution in [-0.2, 0) is 0 Å². The normalized spacial score (nSPS) is 10.4. The molecule has 0 saturated heterocycles. The van der Waals surface area contributed by atoms with Crippen molar-refractivity contribution in [3.63, 3.8) is 0 Å². The van der Waals surface area contributed by atoms with Crippen molar-refractivity contribution in [3.8, 4) is 0 Å². The largest absolute Gasteiger partial charge is 0.288 e. The van der Waals surface area contributed by atoms with Gasteiger partial charge in [0.05, 0.1) is 5.56 Å². The Labute approximate surface area is 134 Å². The second-order valence-corrected chi connectivity index (χ2v) is 5.35. The van der Waals surface area contributed by atoms with Crippen LogP contribution in [0.4, 0.5) is 13.2 Å². The van der Waals surface area contributed by atoms with E-state index in [-0.39, 0.29) is 11.1 Å². The molecule has 2 N–H and O–H groups in total. The first-order valence-corrected chi connectivity index (χ1v) is 7.25. The van der Waals surface area contributed by atoms with Crippen LogP contribution in [0.25, 0.3) is 0 Å². The number of thioether (sulfide) groups is 1. The van der Waals surface area contributed by atoms with Crippen molar-refractivity contribution in [2.45, 2.75) is 10.7 Å². The van der Waals surface area contributed by atoms with Crippen LogP contribution in [-0.4, -0.2) is 17.6 Å². The monoisotopic (exact) mass is 340 g/mol. The highest BCUT2D eigenvalue weighted by Gasteiger charge is 2.13. The fourth-order valence-electron chi connectivity index (χ4n) is 1.69. The van der Waals surface area contributed by atoms with E-state index in [0.29, 0.717) is 16.7 Å². The van der Waals surface area contributed by atoms with Gasteiger partial charge in [-0.3, -0.25) is 20.4 Å². The summed E-state index contributed by atoms with van der Waals surface area (Å²) in [6, 6.07) is 10.7. The van der Waals surface area contributed by atoms with Gasteiger partial charge in [-0.05, 0) is 36.4 Å². The van der Waals surface area contributed by atoms with Crippen LogP contribution in [0.1, 0.15) is 20.7 Å². The van der Waals surface area contributed by atoms with Gasteiger partial charge in [-0.15, -0.1) is 0 Å². The number of hydrogen-bond acceptors (Lipinski definition) is 3. The molecule has 0 atom stereocenters. The minimum Gasteiger partial charge on any atom is -0.267 e. The maximum Gasteiger partial charge on any atom is 0.288 e. The van der Waals surface area contributed by atoms with Crippen molar-refractivity contribution in [1.82, 2.24) is 10.9 Å². The number of rotatable bonds is 4. The molecule has 0 aliphatic heterocycles. The van der Waals surface area contributed by atoms with Crippen LogP contribution >= 0.6 is 11.8 Å². The Balaban J connectivity index is 1.94. The average Bonchev–Trinajstić information content (AvgIpc) is 2.53. The summed E-state index contributed by atoms with van der Waals surface area (Å²) in [6.45, 7) is 0. The van der Waals surface area contributed by atoms with E-state index in [1.807, 2.05) is 0 Å². The zero-order valence-corrected chi connectivity index (χ0v) is 12.4. The SMILES string of the molecule is O=C(NNC(=O)c1ccccc1F)c1ccc(SC(F)F)cc1. The third kappa shape index (κ3) is 4.75. The molecule has 120 valence electrons. The molecule has 4 nitrogen and oxygen atoms in total. The predicted molar refractivity (Wildman–Crippen MR) is 79.6 cm³/mol. The molecular formula is C15H11F3N2O2S. The van der Waals surface area contributed by atoms with Gasteiger partial charge in [0.1, 0.15) is 5.82 Å². The fraction of sp³-hybridized carbons (Fsp3) is 0.0667. The van der Waals surface area contributed by atoms with E-state index < -0.39 is 23.4 Å². The summed E-state index contributed by atoms with van der Waals surface area (Å²) in [7, 11) is 0. The fourth-order valence-corrected chi connectivity index (χ4v) is 2.19. The second-order valence-electron chi connectivity index (χ2n) is 4.29. The van der Waals surface area contributed by atoms with Crippen LogP contribution in [0.2, 0.25) is 0 Å². The van der Waals surface area contributed by atoms with Crippen molar-refractivity contribution in [2.24, 2.45) is 0 Å². The Bertz CT molecular complexity index is 708. The average molecular weight is 340 g/mol. The molecule has 0 saturated carbocycles. The molecule has 2 rings (SSSR count). The zero-order chi connectivity index (χ0) is 16.8. The predicted octanol–water partition coefficient (Wildman–Crippen LogP) is 3.22. The Hall–Kier alpha value is -2.48. The van der Waals surface area contributed by atoms with Crippen molar-refractivity contribution in [3.05, 3.63) is 65.5 Å². The smallest absolute Gasteiger partial charge is 0.267 e. The molecule has 2 aromatic rings. The molecule has 0 heterocycles. The lowest BCUT2D eigenvalue weighted by Gasteiger charge is -2.08. The number of nitrogens with one attached hydrogen (secondary N) is 2. The number of carbonyl (C=O) groups is 2. The summed E-state index contributed by atoms with van der Waals surface area (Å²) in [5.74, 6) is -4.72. The quantitative estimate of drug-likeness (QED) is 0.664. The summed E-state index contributed by atoms with van der Waals surface area (Å²) in [4.78, 5) is 23.9. The van der Waals surface area contributed by atoms with E-state index >= 15 is 0 Å². The molecule has 0 fully saturated rings. The lowest BCUT2D eigenvalue weighted by Crippen LogP contribution is -2.41. The highest BCUT2D eigenvalue weighted by molar-refractivity contribution is 7.99. The molecule has 0 bridgehead atoms. The minimum absolute atomic E-state index is 0.164. The van der Waals surface area contributed by atoms with E-state index in [0.717, 1.165) is 6.07 Å². The van der Waals surface area contributed by atoms with Crippen LogP contribution in [0.15, 0.2) is 53.4 Å². The lowest BCUT2D eigenvalue weighted by atomic mass is 10.2. The standard InChI is InChI=1S/C15H11F3N2O2S/c16-12-4-2-1-3-11(12)14(22)20-19-13(21)9-5-7-10(8-6-9)23-15(17)18/h1-8,15H,(H,19,21)(H,20,22). The van der Waals surface area contributed by atoms with Gasteiger partial charge < -0.3 is 0 Å². The van der Waals surface area contributed by atoms with E-state index in [9.17, 15) is 22.8 Å². The van der Waals surface area contributed by atoms with Gasteiger partial charge in [0.15, 0.2) is 0 Å². The molecule has 8 heteroatoms. The topological polar surface area (TPSA) is 58.2 Å². The van der Waals surface area contributed by atoms with Gasteiger partial charge in [-0.1, -0.05) is 23.9 Å². The van der Waals surface area contributed by atoms with Crippen molar-refractivity contribution >= 4 is 23.6 Å². The van der Waals surface area contributed by atoms with Crippen LogP contribution in [0.3, 0.4) is 0 Å². The summed E-state index contributed by atoms with van der Waals surface area (Å²) < 4.78 is 37.8. The molecule has 0 radical (unpaired) electrons. The van der Waals surface area contributed by atoms with Gasteiger partial charge in [0, 0.05) is 10.5 Å². The first-order valence-electron chi connectivity index (χ1n) is 6.37.